The lowest BCUT2D eigenvalue weighted by atomic mass is 10.0. The van der Waals surface area contributed by atoms with E-state index in [9.17, 15) is 9.59 Å². The third kappa shape index (κ3) is 3.40. The van der Waals surface area contributed by atoms with Crippen molar-refractivity contribution in [3.05, 3.63) is 29.3 Å². The van der Waals surface area contributed by atoms with Gasteiger partial charge in [0, 0.05) is 12.7 Å². The molecule has 1 aromatic rings. The number of methoxy groups -OCH3 is 1. The highest BCUT2D eigenvalue weighted by atomic mass is 16.5. The van der Waals surface area contributed by atoms with E-state index in [4.69, 9.17) is 4.74 Å². The van der Waals surface area contributed by atoms with Crippen molar-refractivity contribution in [1.29, 1.82) is 0 Å². The molecule has 0 aliphatic heterocycles. The third-order valence-corrected chi connectivity index (χ3v) is 2.75. The summed E-state index contributed by atoms with van der Waals surface area (Å²) in [4.78, 5) is 23.5. The van der Waals surface area contributed by atoms with Crippen molar-refractivity contribution in [3.8, 4) is 0 Å². The first-order valence-corrected chi connectivity index (χ1v) is 5.87. The molecule has 4 heteroatoms. The number of anilines is 1. The number of amides is 1. The number of benzene rings is 1. The standard InChI is InChI=1S/C14H19NO3/c1-9-6-5-7-12(13(9)11(3)16)15-14(17)10(2)8-18-4/h5-7,10H,8H2,1-4H3,(H,15,17). The Labute approximate surface area is 107 Å². The van der Waals surface area contributed by atoms with Gasteiger partial charge in [-0.3, -0.25) is 9.59 Å². The summed E-state index contributed by atoms with van der Waals surface area (Å²) in [7, 11) is 1.55. The number of carbonyl (C=O) groups excluding carboxylic acids is 2. The number of Topliss-reactive ketones (excluding diaryl/α,β-unsaturated/α-hetero) is 1. The van der Waals surface area contributed by atoms with Crippen LogP contribution in [0.25, 0.3) is 0 Å². The van der Waals surface area contributed by atoms with Gasteiger partial charge in [0.05, 0.1) is 18.2 Å². The maximum atomic E-state index is 11.9. The van der Waals surface area contributed by atoms with Gasteiger partial charge in [-0.15, -0.1) is 0 Å². The molecule has 0 aliphatic carbocycles. The molecule has 0 saturated heterocycles. The molecule has 0 aromatic heterocycles. The number of rotatable bonds is 5. The van der Waals surface area contributed by atoms with Gasteiger partial charge < -0.3 is 10.1 Å². The Morgan fingerprint density at radius 3 is 2.61 bits per heavy atom. The number of aryl methyl sites for hydroxylation is 1. The third-order valence-electron chi connectivity index (χ3n) is 2.75. The number of hydrogen-bond acceptors (Lipinski definition) is 3. The van der Waals surface area contributed by atoms with Crippen molar-refractivity contribution < 1.29 is 14.3 Å². The number of hydrogen-bond donors (Lipinski definition) is 1. The molecule has 1 rings (SSSR count). The van der Waals surface area contributed by atoms with E-state index >= 15 is 0 Å². The van der Waals surface area contributed by atoms with Crippen molar-refractivity contribution >= 4 is 17.4 Å². The van der Waals surface area contributed by atoms with Crippen LogP contribution in [0, 0.1) is 12.8 Å². The molecule has 4 nitrogen and oxygen atoms in total. The first-order chi connectivity index (χ1) is 8.47. The fourth-order valence-electron chi connectivity index (χ4n) is 1.82. The summed E-state index contributed by atoms with van der Waals surface area (Å²) in [5, 5.41) is 2.78. The molecule has 0 bridgehead atoms. The summed E-state index contributed by atoms with van der Waals surface area (Å²) in [6.45, 7) is 5.48. The average Bonchev–Trinajstić information content (AvgIpc) is 2.28. The zero-order chi connectivity index (χ0) is 13.7. The van der Waals surface area contributed by atoms with E-state index in [1.54, 1.807) is 20.1 Å². The second-order valence-corrected chi connectivity index (χ2v) is 4.40. The topological polar surface area (TPSA) is 55.4 Å². The minimum Gasteiger partial charge on any atom is -0.384 e. The zero-order valence-electron chi connectivity index (χ0n) is 11.2. The predicted octanol–water partition coefficient (Wildman–Crippen LogP) is 2.42. The first kappa shape index (κ1) is 14.4. The Bertz CT molecular complexity index is 454. The summed E-state index contributed by atoms with van der Waals surface area (Å²) in [5.74, 6) is -0.455. The SMILES string of the molecule is COCC(C)C(=O)Nc1cccc(C)c1C(C)=O. The monoisotopic (exact) mass is 249 g/mol. The molecule has 1 N–H and O–H groups in total. The van der Waals surface area contributed by atoms with Crippen LogP contribution in [0.5, 0.6) is 0 Å². The van der Waals surface area contributed by atoms with Crippen molar-refractivity contribution in [3.63, 3.8) is 0 Å². The zero-order valence-corrected chi connectivity index (χ0v) is 11.2. The van der Waals surface area contributed by atoms with Gasteiger partial charge in [-0.05, 0) is 25.5 Å². The van der Waals surface area contributed by atoms with Gasteiger partial charge in [0.25, 0.3) is 0 Å². The predicted molar refractivity (Wildman–Crippen MR) is 70.9 cm³/mol. The van der Waals surface area contributed by atoms with Crippen LogP contribution in [0.2, 0.25) is 0 Å². The summed E-state index contributed by atoms with van der Waals surface area (Å²) in [6.07, 6.45) is 0. The van der Waals surface area contributed by atoms with Crippen LogP contribution in [0.3, 0.4) is 0 Å². The van der Waals surface area contributed by atoms with Gasteiger partial charge in [0.15, 0.2) is 5.78 Å². The van der Waals surface area contributed by atoms with Crippen LogP contribution in [0.1, 0.15) is 29.8 Å². The fraction of sp³-hybridized carbons (Fsp3) is 0.429. The molecule has 18 heavy (non-hydrogen) atoms. The van der Waals surface area contributed by atoms with Crippen molar-refractivity contribution in [2.45, 2.75) is 20.8 Å². The van der Waals surface area contributed by atoms with Crippen molar-refractivity contribution in [2.75, 3.05) is 19.0 Å². The Kier molecular flexibility index (Phi) is 5.04. The van der Waals surface area contributed by atoms with E-state index in [0.717, 1.165) is 5.56 Å². The average molecular weight is 249 g/mol. The van der Waals surface area contributed by atoms with Crippen LogP contribution in [0.15, 0.2) is 18.2 Å². The molecule has 0 heterocycles. The molecule has 98 valence electrons. The van der Waals surface area contributed by atoms with Crippen LogP contribution in [-0.2, 0) is 9.53 Å². The summed E-state index contributed by atoms with van der Waals surface area (Å²) in [5.41, 5.74) is 1.99. The molecule has 1 amide bonds. The largest absolute Gasteiger partial charge is 0.384 e. The quantitative estimate of drug-likeness (QED) is 0.815. The lowest BCUT2D eigenvalue weighted by Crippen LogP contribution is -2.24. The van der Waals surface area contributed by atoms with Crippen LogP contribution in [0.4, 0.5) is 5.69 Å². The van der Waals surface area contributed by atoms with Crippen LogP contribution >= 0.6 is 0 Å². The number of ether oxygens (including phenoxy) is 1. The molecule has 1 unspecified atom stereocenters. The van der Waals surface area contributed by atoms with E-state index in [2.05, 4.69) is 5.32 Å². The molecule has 0 aliphatic rings. The Balaban J connectivity index is 2.94. The van der Waals surface area contributed by atoms with Crippen LogP contribution in [-0.4, -0.2) is 25.4 Å². The fourth-order valence-corrected chi connectivity index (χ4v) is 1.82. The number of ketones is 1. The van der Waals surface area contributed by atoms with Crippen LogP contribution < -0.4 is 5.32 Å². The molecule has 0 spiro atoms. The molecule has 0 fully saturated rings. The van der Waals surface area contributed by atoms with Gasteiger partial charge >= 0.3 is 0 Å². The second kappa shape index (κ2) is 6.31. The van der Waals surface area contributed by atoms with Gasteiger partial charge in [-0.2, -0.15) is 0 Å². The number of carbonyl (C=O) groups is 2. The molecule has 0 radical (unpaired) electrons. The second-order valence-electron chi connectivity index (χ2n) is 4.40. The number of nitrogens with one attached hydrogen (secondary N) is 1. The summed E-state index contributed by atoms with van der Waals surface area (Å²) >= 11 is 0. The summed E-state index contributed by atoms with van der Waals surface area (Å²) < 4.78 is 4.94. The van der Waals surface area contributed by atoms with E-state index in [-0.39, 0.29) is 17.6 Å². The minimum absolute atomic E-state index is 0.0530. The molecular weight excluding hydrogens is 230 g/mol. The van der Waals surface area contributed by atoms with Gasteiger partial charge in [0.1, 0.15) is 0 Å². The van der Waals surface area contributed by atoms with Gasteiger partial charge in [0.2, 0.25) is 5.91 Å². The Morgan fingerprint density at radius 2 is 2.06 bits per heavy atom. The lowest BCUT2D eigenvalue weighted by molar-refractivity contribution is -0.120. The highest BCUT2D eigenvalue weighted by Gasteiger charge is 2.16. The molecule has 0 saturated carbocycles. The van der Waals surface area contributed by atoms with E-state index in [0.29, 0.717) is 17.9 Å². The Hall–Kier alpha value is -1.68. The van der Waals surface area contributed by atoms with E-state index < -0.39 is 0 Å². The normalized spacial score (nSPS) is 12.0. The highest BCUT2D eigenvalue weighted by Crippen LogP contribution is 2.20. The highest BCUT2D eigenvalue weighted by molar-refractivity contribution is 6.05. The molecule has 1 atom stereocenters. The maximum Gasteiger partial charge on any atom is 0.229 e. The minimum atomic E-state index is -0.254. The van der Waals surface area contributed by atoms with Crippen molar-refractivity contribution in [2.24, 2.45) is 5.92 Å². The maximum absolute atomic E-state index is 11.9. The Morgan fingerprint density at radius 1 is 1.39 bits per heavy atom. The van der Waals surface area contributed by atoms with E-state index in [1.165, 1.54) is 6.92 Å². The summed E-state index contributed by atoms with van der Waals surface area (Å²) in [6, 6.07) is 5.41. The van der Waals surface area contributed by atoms with E-state index in [1.807, 2.05) is 19.1 Å². The van der Waals surface area contributed by atoms with Crippen molar-refractivity contribution in [1.82, 2.24) is 0 Å². The molecule has 1 aromatic carbocycles. The van der Waals surface area contributed by atoms with Gasteiger partial charge in [-0.25, -0.2) is 0 Å². The molecular formula is C14H19NO3. The smallest absolute Gasteiger partial charge is 0.229 e. The van der Waals surface area contributed by atoms with Gasteiger partial charge in [-0.1, -0.05) is 19.1 Å². The lowest BCUT2D eigenvalue weighted by Gasteiger charge is -2.14. The first-order valence-electron chi connectivity index (χ1n) is 5.87.